The van der Waals surface area contributed by atoms with E-state index in [1.165, 1.54) is 4.90 Å². The summed E-state index contributed by atoms with van der Waals surface area (Å²) in [5.74, 6) is -5.23. The van der Waals surface area contributed by atoms with Crippen LogP contribution in [-0.4, -0.2) is 34.9 Å². The summed E-state index contributed by atoms with van der Waals surface area (Å²) in [7, 11) is 0. The van der Waals surface area contributed by atoms with E-state index in [1.807, 2.05) is 0 Å². The average molecular weight is 475 g/mol. The van der Waals surface area contributed by atoms with Crippen molar-refractivity contribution in [3.8, 4) is 0 Å². The molecule has 3 atom stereocenters. The first-order valence-electron chi connectivity index (χ1n) is 10.8. The van der Waals surface area contributed by atoms with E-state index >= 15 is 0 Å². The van der Waals surface area contributed by atoms with Crippen LogP contribution in [0.5, 0.6) is 0 Å². The predicted octanol–water partition coefficient (Wildman–Crippen LogP) is 3.22. The highest BCUT2D eigenvalue weighted by Gasteiger charge is 2.52. The van der Waals surface area contributed by atoms with Crippen molar-refractivity contribution in [2.45, 2.75) is 18.4 Å². The van der Waals surface area contributed by atoms with Gasteiger partial charge in [-0.15, -0.1) is 0 Å². The molecule has 0 spiro atoms. The van der Waals surface area contributed by atoms with Crippen LogP contribution in [0, 0.1) is 5.92 Å². The van der Waals surface area contributed by atoms with Gasteiger partial charge in [0.05, 0.1) is 6.04 Å². The van der Waals surface area contributed by atoms with Gasteiger partial charge in [-0.25, -0.2) is 0 Å². The molecule has 3 aromatic rings. The third-order valence-corrected chi connectivity index (χ3v) is 6.31. The number of Topliss-reactive ketones (excluding diaryl/α,β-unsaturated/α-hetero) is 2. The standard InChI is InChI=1S/C27H22ClNO5/c28-21-13-11-18(12-14-21)24-23(25(32)19-9-5-2-6-10-19)26(33)27(34)29(24)16-20(15-22(30)31)17-7-3-1-4-8-17/h1-14,20,23-24H,15-16H2,(H,30,31)/p-1. The van der Waals surface area contributed by atoms with Gasteiger partial charge >= 0.3 is 0 Å². The minimum absolute atomic E-state index is 0.0611. The number of halogens is 1. The maximum atomic E-state index is 13.4. The molecular formula is C27H21ClNO5-. The number of nitrogens with zero attached hydrogens (tertiary/aromatic N) is 1. The van der Waals surface area contributed by atoms with Gasteiger partial charge in [0, 0.05) is 29.0 Å². The van der Waals surface area contributed by atoms with Crippen molar-refractivity contribution in [2.75, 3.05) is 6.54 Å². The Labute approximate surface area is 201 Å². The van der Waals surface area contributed by atoms with Crippen molar-refractivity contribution in [3.63, 3.8) is 0 Å². The molecule has 0 saturated carbocycles. The second kappa shape index (κ2) is 10.0. The SMILES string of the molecule is O=C([O-])CC(CN1C(=O)C(=O)C(C(=O)c2ccccc2)C1c1ccc(Cl)cc1)c1ccccc1. The normalized spacial score (nSPS) is 18.7. The van der Waals surface area contributed by atoms with E-state index in [0.717, 1.165) is 0 Å². The molecule has 7 heteroatoms. The maximum Gasteiger partial charge on any atom is 0.291 e. The Balaban J connectivity index is 1.77. The molecule has 6 nitrogen and oxygen atoms in total. The lowest BCUT2D eigenvalue weighted by Crippen LogP contribution is -2.36. The monoisotopic (exact) mass is 474 g/mol. The Morgan fingerprint density at radius 1 is 0.882 bits per heavy atom. The molecule has 0 N–H and O–H groups in total. The summed E-state index contributed by atoms with van der Waals surface area (Å²) in [6.07, 6.45) is -0.341. The van der Waals surface area contributed by atoms with Crippen molar-refractivity contribution in [2.24, 2.45) is 5.92 Å². The van der Waals surface area contributed by atoms with Crippen LogP contribution in [0.4, 0.5) is 0 Å². The lowest BCUT2D eigenvalue weighted by molar-refractivity contribution is -0.306. The molecule has 3 aromatic carbocycles. The highest BCUT2D eigenvalue weighted by molar-refractivity contribution is 6.44. The zero-order valence-electron chi connectivity index (χ0n) is 18.1. The first-order chi connectivity index (χ1) is 16.4. The van der Waals surface area contributed by atoms with E-state index in [0.29, 0.717) is 21.7 Å². The van der Waals surface area contributed by atoms with Crippen LogP contribution in [0.15, 0.2) is 84.9 Å². The summed E-state index contributed by atoms with van der Waals surface area (Å²) in [4.78, 5) is 52.6. The first kappa shape index (κ1) is 23.4. The van der Waals surface area contributed by atoms with E-state index in [9.17, 15) is 24.3 Å². The number of aliphatic carboxylic acids is 1. The molecule has 1 aliphatic heterocycles. The molecular weight excluding hydrogens is 454 g/mol. The lowest BCUT2D eigenvalue weighted by Gasteiger charge is -2.31. The minimum atomic E-state index is -1.27. The molecule has 172 valence electrons. The second-order valence-corrected chi connectivity index (χ2v) is 8.65. The van der Waals surface area contributed by atoms with E-state index in [4.69, 9.17) is 11.6 Å². The van der Waals surface area contributed by atoms with E-state index in [2.05, 4.69) is 0 Å². The summed E-state index contributed by atoms with van der Waals surface area (Å²) in [6, 6.07) is 22.9. The Bertz CT molecular complexity index is 1210. The van der Waals surface area contributed by atoms with E-state index < -0.39 is 41.3 Å². The van der Waals surface area contributed by atoms with Crippen LogP contribution in [0.1, 0.15) is 39.9 Å². The van der Waals surface area contributed by atoms with Crippen LogP contribution >= 0.6 is 11.6 Å². The average Bonchev–Trinajstić information content (AvgIpc) is 3.09. The smallest absolute Gasteiger partial charge is 0.291 e. The van der Waals surface area contributed by atoms with Crippen LogP contribution in [0.25, 0.3) is 0 Å². The van der Waals surface area contributed by atoms with Gasteiger partial charge in [0.2, 0.25) is 5.78 Å². The third-order valence-electron chi connectivity index (χ3n) is 6.06. The number of carbonyl (C=O) groups is 4. The summed E-state index contributed by atoms with van der Waals surface area (Å²) < 4.78 is 0. The molecule has 3 unspecified atom stereocenters. The van der Waals surface area contributed by atoms with Crippen molar-refractivity contribution in [1.29, 1.82) is 0 Å². The van der Waals surface area contributed by atoms with Gasteiger partial charge in [-0.05, 0) is 29.7 Å². The molecule has 1 saturated heterocycles. The molecule has 34 heavy (non-hydrogen) atoms. The zero-order valence-corrected chi connectivity index (χ0v) is 18.9. The van der Waals surface area contributed by atoms with Crippen molar-refractivity contribution in [3.05, 3.63) is 107 Å². The number of ketones is 2. The molecule has 0 bridgehead atoms. The molecule has 0 aromatic heterocycles. The molecule has 1 aliphatic rings. The lowest BCUT2D eigenvalue weighted by atomic mass is 9.86. The molecule has 1 fully saturated rings. The number of carboxylic acids is 1. The number of rotatable bonds is 8. The van der Waals surface area contributed by atoms with Gasteiger partial charge in [0.15, 0.2) is 5.78 Å². The second-order valence-electron chi connectivity index (χ2n) is 8.21. The molecule has 1 heterocycles. The van der Waals surface area contributed by atoms with Gasteiger partial charge in [-0.3, -0.25) is 14.4 Å². The quantitative estimate of drug-likeness (QED) is 0.284. The van der Waals surface area contributed by atoms with Crippen LogP contribution in [-0.2, 0) is 14.4 Å². The van der Waals surface area contributed by atoms with Crippen molar-refractivity contribution < 1.29 is 24.3 Å². The number of hydrogen-bond acceptors (Lipinski definition) is 5. The molecule has 0 radical (unpaired) electrons. The third kappa shape index (κ3) is 4.77. The summed E-state index contributed by atoms with van der Waals surface area (Å²) >= 11 is 6.04. The minimum Gasteiger partial charge on any atom is -0.550 e. The number of benzene rings is 3. The Hall–Kier alpha value is -3.77. The van der Waals surface area contributed by atoms with Gasteiger partial charge < -0.3 is 14.8 Å². The van der Waals surface area contributed by atoms with E-state index in [-0.39, 0.29) is 13.0 Å². The molecule has 4 rings (SSSR count). The van der Waals surface area contributed by atoms with Crippen LogP contribution in [0.2, 0.25) is 5.02 Å². The Morgan fingerprint density at radius 3 is 2.06 bits per heavy atom. The number of carbonyl (C=O) groups excluding carboxylic acids is 4. The van der Waals surface area contributed by atoms with Gasteiger partial charge in [0.1, 0.15) is 5.92 Å². The fraction of sp³-hybridized carbons (Fsp3) is 0.185. The van der Waals surface area contributed by atoms with Gasteiger partial charge in [-0.2, -0.15) is 0 Å². The van der Waals surface area contributed by atoms with Crippen LogP contribution < -0.4 is 5.11 Å². The fourth-order valence-corrected chi connectivity index (χ4v) is 4.58. The largest absolute Gasteiger partial charge is 0.550 e. The van der Waals surface area contributed by atoms with Gasteiger partial charge in [-0.1, -0.05) is 84.4 Å². The summed E-state index contributed by atoms with van der Waals surface area (Å²) in [6.45, 7) is -0.0611. The zero-order chi connectivity index (χ0) is 24.2. The molecule has 0 aliphatic carbocycles. The molecule has 1 amide bonds. The van der Waals surface area contributed by atoms with Crippen LogP contribution in [0.3, 0.4) is 0 Å². The summed E-state index contributed by atoms with van der Waals surface area (Å²) in [5.41, 5.74) is 1.58. The number of likely N-dealkylation sites (tertiary alicyclic amines) is 1. The Morgan fingerprint density at radius 2 is 1.47 bits per heavy atom. The summed E-state index contributed by atoms with van der Waals surface area (Å²) in [5, 5.41) is 12.0. The first-order valence-corrected chi connectivity index (χ1v) is 11.2. The topological polar surface area (TPSA) is 94.6 Å². The van der Waals surface area contributed by atoms with Gasteiger partial charge in [0.25, 0.3) is 5.91 Å². The number of amides is 1. The highest BCUT2D eigenvalue weighted by Crippen LogP contribution is 2.40. The maximum absolute atomic E-state index is 13.4. The Kier molecular flexibility index (Phi) is 6.89. The number of hydrogen-bond donors (Lipinski definition) is 0. The number of carboxylic acid groups (broad SMARTS) is 1. The van der Waals surface area contributed by atoms with Crippen molar-refractivity contribution >= 4 is 35.0 Å². The highest BCUT2D eigenvalue weighted by atomic mass is 35.5. The fourth-order valence-electron chi connectivity index (χ4n) is 4.45. The van der Waals surface area contributed by atoms with E-state index in [1.54, 1.807) is 84.9 Å². The predicted molar refractivity (Wildman–Crippen MR) is 124 cm³/mol. The van der Waals surface area contributed by atoms with Crippen molar-refractivity contribution in [1.82, 2.24) is 4.90 Å².